The zero-order valence-electron chi connectivity index (χ0n) is 10.3. The van der Waals surface area contributed by atoms with E-state index in [2.05, 4.69) is 16.6 Å². The largest absolute Gasteiger partial charge is 0.243 e. The SMILES string of the molecule is CCCC1(CNS(=O)(=O)c2ccc(Cl)nc2)CC1. The third-order valence-corrected chi connectivity index (χ3v) is 5.00. The Labute approximate surface area is 113 Å². The molecule has 2 rings (SSSR count). The molecule has 0 amide bonds. The summed E-state index contributed by atoms with van der Waals surface area (Å²) >= 11 is 5.64. The van der Waals surface area contributed by atoms with Crippen molar-refractivity contribution in [3.63, 3.8) is 0 Å². The minimum Gasteiger partial charge on any atom is -0.243 e. The normalized spacial score (nSPS) is 17.7. The van der Waals surface area contributed by atoms with Crippen LogP contribution in [0.5, 0.6) is 0 Å². The Morgan fingerprint density at radius 2 is 2.17 bits per heavy atom. The van der Waals surface area contributed by atoms with Crippen LogP contribution in [0.2, 0.25) is 5.15 Å². The summed E-state index contributed by atoms with van der Waals surface area (Å²) in [6, 6.07) is 2.95. The van der Waals surface area contributed by atoms with Crippen LogP contribution in [0.4, 0.5) is 0 Å². The lowest BCUT2D eigenvalue weighted by atomic mass is 10.0. The van der Waals surface area contributed by atoms with Crippen LogP contribution in [0.25, 0.3) is 0 Å². The van der Waals surface area contributed by atoms with Gasteiger partial charge in [-0.15, -0.1) is 0 Å². The lowest BCUT2D eigenvalue weighted by Gasteiger charge is -2.14. The maximum atomic E-state index is 12.0. The first-order chi connectivity index (χ1) is 8.47. The highest BCUT2D eigenvalue weighted by molar-refractivity contribution is 7.89. The fraction of sp³-hybridized carbons (Fsp3) is 0.583. The van der Waals surface area contributed by atoms with Gasteiger partial charge >= 0.3 is 0 Å². The van der Waals surface area contributed by atoms with Crippen LogP contribution in [0.15, 0.2) is 23.2 Å². The number of aromatic nitrogens is 1. The topological polar surface area (TPSA) is 59.1 Å². The molecule has 1 aromatic rings. The van der Waals surface area contributed by atoms with Crippen LogP contribution >= 0.6 is 11.6 Å². The first-order valence-corrected chi connectivity index (χ1v) is 7.95. The molecular weight excluding hydrogens is 272 g/mol. The van der Waals surface area contributed by atoms with Crippen LogP contribution in [0.1, 0.15) is 32.6 Å². The van der Waals surface area contributed by atoms with Gasteiger partial charge < -0.3 is 0 Å². The van der Waals surface area contributed by atoms with E-state index in [1.54, 1.807) is 0 Å². The molecule has 6 heteroatoms. The smallest absolute Gasteiger partial charge is 0.242 e. The number of hydrogen-bond acceptors (Lipinski definition) is 3. The Morgan fingerprint density at radius 1 is 1.44 bits per heavy atom. The van der Waals surface area contributed by atoms with Gasteiger partial charge in [-0.2, -0.15) is 0 Å². The van der Waals surface area contributed by atoms with E-state index in [1.165, 1.54) is 18.3 Å². The fourth-order valence-corrected chi connectivity index (χ4v) is 3.29. The van der Waals surface area contributed by atoms with Gasteiger partial charge in [0, 0.05) is 12.7 Å². The summed E-state index contributed by atoms with van der Waals surface area (Å²) in [5.74, 6) is 0. The Hall–Kier alpha value is -0.650. The molecule has 0 saturated heterocycles. The molecule has 1 saturated carbocycles. The van der Waals surface area contributed by atoms with Gasteiger partial charge in [-0.05, 0) is 36.8 Å². The van der Waals surface area contributed by atoms with Gasteiger partial charge in [-0.1, -0.05) is 24.9 Å². The minimum atomic E-state index is -3.46. The molecule has 18 heavy (non-hydrogen) atoms. The van der Waals surface area contributed by atoms with Crippen molar-refractivity contribution in [2.45, 2.75) is 37.5 Å². The van der Waals surface area contributed by atoms with Gasteiger partial charge in [0.15, 0.2) is 0 Å². The van der Waals surface area contributed by atoms with Gasteiger partial charge in [0.1, 0.15) is 10.0 Å². The molecule has 1 heterocycles. The second-order valence-corrected chi connectivity index (χ2v) is 7.05. The van der Waals surface area contributed by atoms with Crippen molar-refractivity contribution in [1.82, 2.24) is 9.71 Å². The predicted octanol–water partition coefficient (Wildman–Crippen LogP) is 2.59. The summed E-state index contributed by atoms with van der Waals surface area (Å²) in [5, 5.41) is 0.290. The van der Waals surface area contributed by atoms with Gasteiger partial charge in [0.05, 0.1) is 0 Å². The Kier molecular flexibility index (Phi) is 3.94. The standard InChI is InChI=1S/C12H17ClN2O2S/c1-2-5-12(6-7-12)9-15-18(16,17)10-3-4-11(13)14-8-10/h3-4,8,15H,2,5-7,9H2,1H3. The number of hydrogen-bond donors (Lipinski definition) is 1. The van der Waals surface area contributed by atoms with Crippen molar-refractivity contribution in [2.24, 2.45) is 5.41 Å². The summed E-state index contributed by atoms with van der Waals surface area (Å²) in [6.45, 7) is 2.64. The fourth-order valence-electron chi connectivity index (χ4n) is 2.07. The second-order valence-electron chi connectivity index (χ2n) is 4.89. The van der Waals surface area contributed by atoms with Gasteiger partial charge in [0.2, 0.25) is 10.0 Å². The van der Waals surface area contributed by atoms with Crippen molar-refractivity contribution in [1.29, 1.82) is 0 Å². The van der Waals surface area contributed by atoms with Crippen molar-refractivity contribution in [3.8, 4) is 0 Å². The van der Waals surface area contributed by atoms with E-state index < -0.39 is 10.0 Å². The van der Waals surface area contributed by atoms with Crippen molar-refractivity contribution >= 4 is 21.6 Å². The van der Waals surface area contributed by atoms with E-state index in [4.69, 9.17) is 11.6 Å². The Bertz CT molecular complexity index is 509. The highest BCUT2D eigenvalue weighted by atomic mass is 35.5. The molecule has 0 bridgehead atoms. The van der Waals surface area contributed by atoms with Gasteiger partial charge in [0.25, 0.3) is 0 Å². The Balaban J connectivity index is 2.02. The number of sulfonamides is 1. The molecule has 0 spiro atoms. The van der Waals surface area contributed by atoms with E-state index in [0.717, 1.165) is 25.7 Å². The van der Waals surface area contributed by atoms with Crippen molar-refractivity contribution in [2.75, 3.05) is 6.54 Å². The molecule has 1 aliphatic rings. The molecule has 1 aromatic heterocycles. The van der Waals surface area contributed by atoms with Crippen molar-refractivity contribution in [3.05, 3.63) is 23.5 Å². The van der Waals surface area contributed by atoms with Crippen LogP contribution < -0.4 is 4.72 Å². The summed E-state index contributed by atoms with van der Waals surface area (Å²) < 4.78 is 26.7. The quantitative estimate of drug-likeness (QED) is 0.819. The van der Waals surface area contributed by atoms with Crippen LogP contribution in [-0.2, 0) is 10.0 Å². The number of pyridine rings is 1. The molecule has 0 aromatic carbocycles. The zero-order chi connectivity index (χ0) is 13.2. The van der Waals surface area contributed by atoms with E-state index in [9.17, 15) is 8.42 Å². The third-order valence-electron chi connectivity index (χ3n) is 3.39. The maximum absolute atomic E-state index is 12.0. The average Bonchev–Trinajstić information content (AvgIpc) is 3.08. The monoisotopic (exact) mass is 288 g/mol. The molecule has 0 radical (unpaired) electrons. The molecule has 4 nitrogen and oxygen atoms in total. The number of nitrogens with zero attached hydrogens (tertiary/aromatic N) is 1. The number of nitrogens with one attached hydrogen (secondary N) is 1. The summed E-state index contributed by atoms with van der Waals surface area (Å²) in [5.41, 5.74) is 0.196. The van der Waals surface area contributed by atoms with Crippen molar-refractivity contribution < 1.29 is 8.42 Å². The maximum Gasteiger partial charge on any atom is 0.242 e. The molecule has 100 valence electrons. The third kappa shape index (κ3) is 3.22. The van der Waals surface area contributed by atoms with Crippen LogP contribution in [-0.4, -0.2) is 19.9 Å². The molecule has 1 fully saturated rings. The first-order valence-electron chi connectivity index (χ1n) is 6.09. The molecule has 0 aliphatic heterocycles. The summed E-state index contributed by atoms with van der Waals surface area (Å²) in [7, 11) is -3.46. The second kappa shape index (κ2) is 5.15. The lowest BCUT2D eigenvalue weighted by Crippen LogP contribution is -2.30. The van der Waals surface area contributed by atoms with E-state index in [1.807, 2.05) is 0 Å². The number of halogens is 1. The van der Waals surface area contributed by atoms with E-state index in [0.29, 0.717) is 11.7 Å². The highest BCUT2D eigenvalue weighted by Crippen LogP contribution is 2.49. The average molecular weight is 289 g/mol. The highest BCUT2D eigenvalue weighted by Gasteiger charge is 2.42. The van der Waals surface area contributed by atoms with Gasteiger partial charge in [-0.25, -0.2) is 18.1 Å². The molecule has 1 N–H and O–H groups in total. The zero-order valence-corrected chi connectivity index (χ0v) is 11.9. The minimum absolute atomic E-state index is 0.166. The molecule has 0 unspecified atom stereocenters. The Morgan fingerprint density at radius 3 is 2.67 bits per heavy atom. The van der Waals surface area contributed by atoms with E-state index in [-0.39, 0.29) is 10.3 Å². The molecule has 1 aliphatic carbocycles. The summed E-state index contributed by atoms with van der Waals surface area (Å²) in [6.07, 6.45) is 5.67. The summed E-state index contributed by atoms with van der Waals surface area (Å²) in [4.78, 5) is 3.95. The van der Waals surface area contributed by atoms with E-state index >= 15 is 0 Å². The van der Waals surface area contributed by atoms with Crippen LogP contribution in [0.3, 0.4) is 0 Å². The first kappa shape index (κ1) is 13.8. The molecule has 0 atom stereocenters. The molecular formula is C12H17ClN2O2S. The van der Waals surface area contributed by atoms with Gasteiger partial charge in [-0.3, -0.25) is 0 Å². The number of rotatable bonds is 6. The lowest BCUT2D eigenvalue weighted by molar-refractivity contribution is 0.449. The van der Waals surface area contributed by atoms with Crippen LogP contribution in [0, 0.1) is 5.41 Å². The predicted molar refractivity (Wildman–Crippen MR) is 71.0 cm³/mol.